The summed E-state index contributed by atoms with van der Waals surface area (Å²) >= 11 is 1.71. The lowest BCUT2D eigenvalue weighted by Crippen LogP contribution is -2.05. The Morgan fingerprint density at radius 3 is 3.00 bits per heavy atom. The highest BCUT2D eigenvalue weighted by Crippen LogP contribution is 2.23. The van der Waals surface area contributed by atoms with Gasteiger partial charge in [-0.25, -0.2) is 4.98 Å². The molecule has 0 aliphatic heterocycles. The molecule has 0 aliphatic carbocycles. The first-order valence-corrected chi connectivity index (χ1v) is 7.03. The third kappa shape index (κ3) is 2.29. The number of hydrogen-bond acceptors (Lipinski definition) is 4. The summed E-state index contributed by atoms with van der Waals surface area (Å²) in [6.45, 7) is 0.826. The molecule has 0 radical (unpaired) electrons. The van der Waals surface area contributed by atoms with Crippen molar-refractivity contribution in [1.29, 1.82) is 0 Å². The Labute approximate surface area is 115 Å². The van der Waals surface area contributed by atoms with Crippen LogP contribution in [0.5, 0.6) is 5.75 Å². The van der Waals surface area contributed by atoms with Gasteiger partial charge in [0.1, 0.15) is 5.75 Å². The second kappa shape index (κ2) is 4.93. The minimum absolute atomic E-state index is 0.554. The molecule has 19 heavy (non-hydrogen) atoms. The van der Waals surface area contributed by atoms with E-state index < -0.39 is 0 Å². The van der Waals surface area contributed by atoms with Gasteiger partial charge in [-0.2, -0.15) is 11.3 Å². The largest absolute Gasteiger partial charge is 0.497 e. The summed E-state index contributed by atoms with van der Waals surface area (Å²) in [6.07, 6.45) is 0.955. The summed E-state index contributed by atoms with van der Waals surface area (Å²) < 4.78 is 7.29. The van der Waals surface area contributed by atoms with Gasteiger partial charge in [0.2, 0.25) is 5.95 Å². The van der Waals surface area contributed by atoms with Crippen molar-refractivity contribution in [1.82, 2.24) is 9.55 Å². The van der Waals surface area contributed by atoms with Crippen LogP contribution in [-0.2, 0) is 13.0 Å². The first-order valence-electron chi connectivity index (χ1n) is 6.09. The Hall–Kier alpha value is -2.01. The number of nitrogens with two attached hydrogens (primary N) is 1. The lowest BCUT2D eigenvalue weighted by atomic mass is 10.2. The van der Waals surface area contributed by atoms with E-state index in [9.17, 15) is 0 Å². The SMILES string of the molecule is COc1ccc2nc(N)n(CCc3ccsc3)c2c1. The van der Waals surface area contributed by atoms with Gasteiger partial charge < -0.3 is 15.0 Å². The number of imidazole rings is 1. The Bertz CT molecular complexity index is 688. The molecule has 2 N–H and O–H groups in total. The third-order valence-electron chi connectivity index (χ3n) is 3.19. The normalized spacial score (nSPS) is 11.0. The van der Waals surface area contributed by atoms with E-state index in [4.69, 9.17) is 10.5 Å². The zero-order chi connectivity index (χ0) is 13.2. The lowest BCUT2D eigenvalue weighted by Gasteiger charge is -2.06. The van der Waals surface area contributed by atoms with E-state index in [1.54, 1.807) is 18.4 Å². The molecule has 0 aliphatic rings. The van der Waals surface area contributed by atoms with Crippen molar-refractivity contribution in [3.05, 3.63) is 40.6 Å². The average Bonchev–Trinajstić information content (AvgIpc) is 3.03. The molecule has 3 rings (SSSR count). The predicted molar refractivity (Wildman–Crippen MR) is 78.7 cm³/mol. The summed E-state index contributed by atoms with van der Waals surface area (Å²) in [5, 5.41) is 4.25. The highest BCUT2D eigenvalue weighted by atomic mass is 32.1. The van der Waals surface area contributed by atoms with Gasteiger partial charge in [-0.15, -0.1) is 0 Å². The van der Waals surface area contributed by atoms with Crippen LogP contribution in [0, 0.1) is 0 Å². The van der Waals surface area contributed by atoms with Crippen LogP contribution in [0.15, 0.2) is 35.0 Å². The second-order valence-electron chi connectivity index (χ2n) is 4.36. The standard InChI is InChI=1S/C14H15N3OS/c1-18-11-2-3-12-13(8-11)17(14(15)16-12)6-4-10-5-7-19-9-10/h2-3,5,7-9H,4,6H2,1H3,(H2,15,16). The Balaban J connectivity index is 1.94. The van der Waals surface area contributed by atoms with Gasteiger partial charge in [0.15, 0.2) is 0 Å². The fourth-order valence-corrected chi connectivity index (χ4v) is 2.86. The van der Waals surface area contributed by atoms with Crippen LogP contribution in [0.3, 0.4) is 0 Å². The van der Waals surface area contributed by atoms with E-state index in [1.165, 1.54) is 5.56 Å². The highest BCUT2D eigenvalue weighted by molar-refractivity contribution is 7.07. The van der Waals surface area contributed by atoms with Gasteiger partial charge in [-0.1, -0.05) is 0 Å². The molecule has 1 aromatic carbocycles. The fourth-order valence-electron chi connectivity index (χ4n) is 2.16. The molecular formula is C14H15N3OS. The predicted octanol–water partition coefficient (Wildman–Crippen LogP) is 2.93. The number of hydrogen-bond donors (Lipinski definition) is 1. The first kappa shape index (κ1) is 12.0. The minimum atomic E-state index is 0.554. The van der Waals surface area contributed by atoms with E-state index in [0.29, 0.717) is 5.95 Å². The number of nitrogen functional groups attached to an aromatic ring is 1. The van der Waals surface area contributed by atoms with Gasteiger partial charge in [-0.3, -0.25) is 0 Å². The number of aryl methyl sites for hydroxylation is 2. The minimum Gasteiger partial charge on any atom is -0.497 e. The van der Waals surface area contributed by atoms with Gasteiger partial charge in [-0.05, 0) is 40.9 Å². The summed E-state index contributed by atoms with van der Waals surface area (Å²) in [7, 11) is 1.66. The smallest absolute Gasteiger partial charge is 0.201 e. The van der Waals surface area contributed by atoms with Crippen LogP contribution in [0.4, 0.5) is 5.95 Å². The molecule has 5 heteroatoms. The molecule has 0 fully saturated rings. The van der Waals surface area contributed by atoms with Crippen LogP contribution in [0.1, 0.15) is 5.56 Å². The number of methoxy groups -OCH3 is 1. The maximum atomic E-state index is 6.00. The van der Waals surface area contributed by atoms with Crippen LogP contribution >= 0.6 is 11.3 Å². The van der Waals surface area contributed by atoms with Gasteiger partial charge in [0.05, 0.1) is 18.1 Å². The molecule has 0 atom stereocenters. The van der Waals surface area contributed by atoms with Gasteiger partial charge in [0.25, 0.3) is 0 Å². The molecule has 0 unspecified atom stereocenters. The molecule has 98 valence electrons. The highest BCUT2D eigenvalue weighted by Gasteiger charge is 2.09. The topological polar surface area (TPSA) is 53.1 Å². The number of ether oxygens (including phenoxy) is 1. The molecular weight excluding hydrogens is 258 g/mol. The fraction of sp³-hybridized carbons (Fsp3) is 0.214. The lowest BCUT2D eigenvalue weighted by molar-refractivity contribution is 0.415. The molecule has 3 aromatic rings. The number of nitrogens with zero attached hydrogens (tertiary/aromatic N) is 2. The summed E-state index contributed by atoms with van der Waals surface area (Å²) in [6, 6.07) is 7.95. The van der Waals surface area contributed by atoms with Crippen molar-refractivity contribution in [2.24, 2.45) is 0 Å². The number of fused-ring (bicyclic) bond motifs is 1. The second-order valence-corrected chi connectivity index (χ2v) is 5.14. The molecule has 0 saturated carbocycles. The molecule has 0 spiro atoms. The maximum absolute atomic E-state index is 6.00. The Morgan fingerprint density at radius 2 is 2.26 bits per heavy atom. The monoisotopic (exact) mass is 273 g/mol. The summed E-state index contributed by atoms with van der Waals surface area (Å²) in [5.41, 5.74) is 9.25. The molecule has 0 amide bonds. The zero-order valence-corrected chi connectivity index (χ0v) is 11.5. The molecule has 0 bridgehead atoms. The Kier molecular flexibility index (Phi) is 3.13. The van der Waals surface area contributed by atoms with E-state index in [0.717, 1.165) is 29.7 Å². The number of benzene rings is 1. The van der Waals surface area contributed by atoms with Crippen LogP contribution in [0.2, 0.25) is 0 Å². The molecule has 2 heterocycles. The number of anilines is 1. The first-order chi connectivity index (χ1) is 9.28. The molecule has 2 aromatic heterocycles. The van der Waals surface area contributed by atoms with Crippen LogP contribution in [-0.4, -0.2) is 16.7 Å². The Morgan fingerprint density at radius 1 is 1.37 bits per heavy atom. The number of rotatable bonds is 4. The maximum Gasteiger partial charge on any atom is 0.201 e. The number of thiophene rings is 1. The van der Waals surface area contributed by atoms with E-state index in [-0.39, 0.29) is 0 Å². The van der Waals surface area contributed by atoms with Crippen molar-refractivity contribution in [3.8, 4) is 5.75 Å². The van der Waals surface area contributed by atoms with Crippen molar-refractivity contribution in [2.45, 2.75) is 13.0 Å². The van der Waals surface area contributed by atoms with Gasteiger partial charge >= 0.3 is 0 Å². The van der Waals surface area contributed by atoms with Gasteiger partial charge in [0, 0.05) is 12.6 Å². The molecule has 0 saturated heterocycles. The van der Waals surface area contributed by atoms with E-state index in [2.05, 4.69) is 21.8 Å². The average molecular weight is 273 g/mol. The van der Waals surface area contributed by atoms with Crippen molar-refractivity contribution in [3.63, 3.8) is 0 Å². The number of aromatic nitrogens is 2. The van der Waals surface area contributed by atoms with Crippen molar-refractivity contribution >= 4 is 28.3 Å². The van der Waals surface area contributed by atoms with E-state index >= 15 is 0 Å². The molecule has 4 nitrogen and oxygen atoms in total. The van der Waals surface area contributed by atoms with Crippen LogP contribution < -0.4 is 10.5 Å². The van der Waals surface area contributed by atoms with Crippen molar-refractivity contribution in [2.75, 3.05) is 12.8 Å². The third-order valence-corrected chi connectivity index (χ3v) is 3.92. The summed E-state index contributed by atoms with van der Waals surface area (Å²) in [5.74, 6) is 1.38. The van der Waals surface area contributed by atoms with Crippen molar-refractivity contribution < 1.29 is 4.74 Å². The zero-order valence-electron chi connectivity index (χ0n) is 10.7. The summed E-state index contributed by atoms with van der Waals surface area (Å²) in [4.78, 5) is 4.38. The van der Waals surface area contributed by atoms with Crippen LogP contribution in [0.25, 0.3) is 11.0 Å². The van der Waals surface area contributed by atoms with E-state index in [1.807, 2.05) is 22.8 Å². The quantitative estimate of drug-likeness (QED) is 0.795.